The minimum Gasteiger partial charge on any atom is -0.483 e. The third-order valence-electron chi connectivity index (χ3n) is 2.99. The van der Waals surface area contributed by atoms with E-state index in [0.717, 1.165) is 30.7 Å². The predicted molar refractivity (Wildman–Crippen MR) is 69.6 cm³/mol. The maximum atomic E-state index is 11.4. The Balaban J connectivity index is 1.97. The molecule has 0 saturated carbocycles. The van der Waals surface area contributed by atoms with Gasteiger partial charge in [-0.05, 0) is 31.7 Å². The van der Waals surface area contributed by atoms with Crippen LogP contribution >= 0.6 is 0 Å². The van der Waals surface area contributed by atoms with Crippen LogP contribution in [-0.2, 0) is 17.6 Å². The van der Waals surface area contributed by atoms with Crippen LogP contribution < -0.4 is 10.1 Å². The summed E-state index contributed by atoms with van der Waals surface area (Å²) in [6.45, 7) is 4.06. The number of rotatable bonds is 5. The monoisotopic (exact) mass is 246 g/mol. The van der Waals surface area contributed by atoms with Crippen LogP contribution in [0.25, 0.3) is 0 Å². The number of fused-ring (bicyclic) bond motifs is 1. The topological polar surface area (TPSA) is 51.2 Å². The molecule has 1 heterocycles. The number of aromatic nitrogens is 1. The lowest BCUT2D eigenvalue weighted by molar-refractivity contribution is -0.122. The predicted octanol–water partition coefficient (Wildman–Crippen LogP) is 1.64. The molecule has 1 aliphatic rings. The lowest BCUT2D eigenvalue weighted by atomic mass is 9.95. The number of aryl methyl sites for hydroxylation is 1. The number of hydrogen-bond acceptors (Lipinski definition) is 3. The number of ether oxygens (including phenoxy) is 1. The van der Waals surface area contributed by atoms with Gasteiger partial charge < -0.3 is 10.1 Å². The third-order valence-corrected chi connectivity index (χ3v) is 2.99. The fourth-order valence-corrected chi connectivity index (χ4v) is 2.11. The quantitative estimate of drug-likeness (QED) is 0.804. The largest absolute Gasteiger partial charge is 0.483 e. The third kappa shape index (κ3) is 3.09. The van der Waals surface area contributed by atoms with Gasteiger partial charge in [0.15, 0.2) is 6.61 Å². The second kappa shape index (κ2) is 6.19. The zero-order valence-electron chi connectivity index (χ0n) is 10.4. The molecule has 0 unspecified atom stereocenters. The minimum absolute atomic E-state index is 0.0459. The average Bonchev–Trinajstić information content (AvgIpc) is 2.42. The maximum absolute atomic E-state index is 11.4. The summed E-state index contributed by atoms with van der Waals surface area (Å²) in [4.78, 5) is 15.8. The minimum atomic E-state index is -0.128. The normalized spacial score (nSPS) is 13.6. The number of carbonyl (C=O) groups is 1. The smallest absolute Gasteiger partial charge is 0.258 e. The maximum Gasteiger partial charge on any atom is 0.258 e. The Bertz CT molecular complexity index is 443. The van der Waals surface area contributed by atoms with Gasteiger partial charge in [0.2, 0.25) is 0 Å². The highest BCUT2D eigenvalue weighted by Gasteiger charge is 2.15. The first-order chi connectivity index (χ1) is 8.81. The second-order valence-electron chi connectivity index (χ2n) is 4.32. The van der Waals surface area contributed by atoms with Gasteiger partial charge in [-0.2, -0.15) is 0 Å². The first-order valence-corrected chi connectivity index (χ1v) is 6.28. The summed E-state index contributed by atoms with van der Waals surface area (Å²) < 4.78 is 5.58. The summed E-state index contributed by atoms with van der Waals surface area (Å²) in [5.41, 5.74) is 2.28. The Labute approximate surface area is 107 Å². The Morgan fingerprint density at radius 3 is 3.17 bits per heavy atom. The van der Waals surface area contributed by atoms with Gasteiger partial charge in [0, 0.05) is 24.0 Å². The first kappa shape index (κ1) is 12.6. The Hall–Kier alpha value is -1.84. The van der Waals surface area contributed by atoms with Crippen molar-refractivity contribution in [2.75, 3.05) is 13.2 Å². The van der Waals surface area contributed by atoms with Crippen LogP contribution in [0.2, 0.25) is 0 Å². The molecule has 0 spiro atoms. The Morgan fingerprint density at radius 1 is 1.50 bits per heavy atom. The lowest BCUT2D eigenvalue weighted by Gasteiger charge is -2.18. The number of nitrogens with zero attached hydrogens (tertiary/aromatic N) is 1. The van der Waals surface area contributed by atoms with Crippen molar-refractivity contribution in [1.82, 2.24) is 10.3 Å². The molecule has 18 heavy (non-hydrogen) atoms. The summed E-state index contributed by atoms with van der Waals surface area (Å²) in [6, 6.07) is 1.84. The zero-order valence-corrected chi connectivity index (χ0v) is 10.4. The van der Waals surface area contributed by atoms with Crippen molar-refractivity contribution in [2.45, 2.75) is 25.7 Å². The molecule has 0 saturated heterocycles. The fraction of sp³-hybridized carbons (Fsp3) is 0.429. The van der Waals surface area contributed by atoms with Gasteiger partial charge in [-0.1, -0.05) is 6.08 Å². The van der Waals surface area contributed by atoms with E-state index in [4.69, 9.17) is 4.74 Å². The van der Waals surface area contributed by atoms with Crippen LogP contribution in [0.1, 0.15) is 24.1 Å². The summed E-state index contributed by atoms with van der Waals surface area (Å²) in [5, 5.41) is 2.69. The molecule has 4 heteroatoms. The van der Waals surface area contributed by atoms with Crippen molar-refractivity contribution in [2.24, 2.45) is 0 Å². The summed E-state index contributed by atoms with van der Waals surface area (Å²) in [5.74, 6) is 0.671. The SMILES string of the molecule is C=CCNC(=O)COc1ccnc2c1CCCC2. The van der Waals surface area contributed by atoms with Crippen molar-refractivity contribution in [3.63, 3.8) is 0 Å². The van der Waals surface area contributed by atoms with Crippen molar-refractivity contribution >= 4 is 5.91 Å². The van der Waals surface area contributed by atoms with Crippen molar-refractivity contribution in [1.29, 1.82) is 0 Å². The number of hydrogen-bond donors (Lipinski definition) is 1. The van der Waals surface area contributed by atoms with Gasteiger partial charge in [0.25, 0.3) is 5.91 Å². The summed E-state index contributed by atoms with van der Waals surface area (Å²) in [6.07, 6.45) is 7.75. The Morgan fingerprint density at radius 2 is 2.33 bits per heavy atom. The molecular formula is C14H18N2O2. The molecule has 0 atom stereocenters. The van der Waals surface area contributed by atoms with Crippen molar-refractivity contribution in [3.8, 4) is 5.75 Å². The molecule has 0 aromatic carbocycles. The van der Waals surface area contributed by atoms with Crippen molar-refractivity contribution < 1.29 is 9.53 Å². The van der Waals surface area contributed by atoms with Gasteiger partial charge in [-0.25, -0.2) is 0 Å². The molecule has 0 radical (unpaired) electrons. The fourth-order valence-electron chi connectivity index (χ4n) is 2.11. The molecule has 0 aliphatic heterocycles. The van der Waals surface area contributed by atoms with Crippen LogP contribution in [0.15, 0.2) is 24.9 Å². The van der Waals surface area contributed by atoms with Crippen molar-refractivity contribution in [3.05, 3.63) is 36.2 Å². The highest BCUT2D eigenvalue weighted by molar-refractivity contribution is 5.77. The first-order valence-electron chi connectivity index (χ1n) is 6.28. The molecular weight excluding hydrogens is 228 g/mol. The van der Waals surface area contributed by atoms with E-state index in [0.29, 0.717) is 6.54 Å². The van der Waals surface area contributed by atoms with E-state index < -0.39 is 0 Å². The van der Waals surface area contributed by atoms with E-state index in [9.17, 15) is 4.79 Å². The highest BCUT2D eigenvalue weighted by atomic mass is 16.5. The standard InChI is InChI=1S/C14H18N2O2/c1-2-8-16-14(17)10-18-13-7-9-15-12-6-4-3-5-11(12)13/h2,7,9H,1,3-6,8,10H2,(H,16,17). The number of carbonyl (C=O) groups excluding carboxylic acids is 1. The van der Waals surface area contributed by atoms with Gasteiger partial charge in [-0.3, -0.25) is 9.78 Å². The Kier molecular flexibility index (Phi) is 4.34. The molecule has 1 aromatic rings. The molecule has 1 aromatic heterocycles. The molecule has 1 amide bonds. The molecule has 96 valence electrons. The zero-order chi connectivity index (χ0) is 12.8. The second-order valence-corrected chi connectivity index (χ2v) is 4.32. The van der Waals surface area contributed by atoms with Gasteiger partial charge in [0.05, 0.1) is 0 Å². The summed E-state index contributed by atoms with van der Waals surface area (Å²) >= 11 is 0. The molecule has 2 rings (SSSR count). The van der Waals surface area contributed by atoms with Crippen LogP contribution in [0, 0.1) is 0 Å². The van der Waals surface area contributed by atoms with E-state index >= 15 is 0 Å². The number of nitrogens with one attached hydrogen (secondary N) is 1. The highest BCUT2D eigenvalue weighted by Crippen LogP contribution is 2.27. The summed E-state index contributed by atoms with van der Waals surface area (Å²) in [7, 11) is 0. The van der Waals surface area contributed by atoms with E-state index in [1.165, 1.54) is 12.0 Å². The van der Waals surface area contributed by atoms with E-state index in [1.807, 2.05) is 6.07 Å². The molecule has 1 aliphatic carbocycles. The number of pyridine rings is 1. The van der Waals surface area contributed by atoms with E-state index in [2.05, 4.69) is 16.9 Å². The number of amides is 1. The molecule has 0 bridgehead atoms. The average molecular weight is 246 g/mol. The van der Waals surface area contributed by atoms with Crippen LogP contribution in [0.4, 0.5) is 0 Å². The van der Waals surface area contributed by atoms with E-state index in [1.54, 1.807) is 12.3 Å². The molecule has 0 fully saturated rings. The van der Waals surface area contributed by atoms with Crippen LogP contribution in [0.3, 0.4) is 0 Å². The van der Waals surface area contributed by atoms with Crippen LogP contribution in [-0.4, -0.2) is 24.0 Å². The molecule has 1 N–H and O–H groups in total. The van der Waals surface area contributed by atoms with Gasteiger partial charge in [-0.15, -0.1) is 6.58 Å². The van der Waals surface area contributed by atoms with Gasteiger partial charge >= 0.3 is 0 Å². The van der Waals surface area contributed by atoms with Gasteiger partial charge in [0.1, 0.15) is 5.75 Å². The van der Waals surface area contributed by atoms with Crippen LogP contribution in [0.5, 0.6) is 5.75 Å². The molecule has 4 nitrogen and oxygen atoms in total. The lowest BCUT2D eigenvalue weighted by Crippen LogP contribution is -2.29. The van der Waals surface area contributed by atoms with E-state index in [-0.39, 0.29) is 12.5 Å².